The van der Waals surface area contributed by atoms with E-state index < -0.39 is 5.91 Å². The highest BCUT2D eigenvalue weighted by Crippen LogP contribution is 2.25. The highest BCUT2D eigenvalue weighted by atomic mass is 16.5. The predicted molar refractivity (Wildman–Crippen MR) is 101 cm³/mol. The van der Waals surface area contributed by atoms with Crippen molar-refractivity contribution in [1.82, 2.24) is 10.2 Å². The number of anilines is 1. The van der Waals surface area contributed by atoms with Crippen LogP contribution in [-0.2, 0) is 6.42 Å². The number of rotatable bonds is 6. The van der Waals surface area contributed by atoms with E-state index in [1.54, 1.807) is 18.2 Å². The molecule has 3 aromatic rings. The van der Waals surface area contributed by atoms with Gasteiger partial charge in [-0.25, -0.2) is 0 Å². The number of benzene rings is 2. The number of nitrogens with zero attached hydrogens (tertiary/aromatic N) is 2. The second kappa shape index (κ2) is 7.90. The Hall–Kier alpha value is -3.35. The maximum absolute atomic E-state index is 12.5. The van der Waals surface area contributed by atoms with Gasteiger partial charge >= 0.3 is 6.01 Å². The lowest BCUT2D eigenvalue weighted by Gasteiger charge is -2.09. The van der Waals surface area contributed by atoms with Crippen LogP contribution in [0.4, 0.5) is 6.01 Å². The Labute approximate surface area is 157 Å². The maximum Gasteiger partial charge on any atom is 0.322 e. The first-order chi connectivity index (χ1) is 13.0. The van der Waals surface area contributed by atoms with Crippen molar-refractivity contribution in [2.75, 3.05) is 19.5 Å². The van der Waals surface area contributed by atoms with Gasteiger partial charge < -0.3 is 13.9 Å². The molecule has 0 spiro atoms. The topological polar surface area (TPSA) is 86.5 Å². The molecule has 0 saturated carbocycles. The molecule has 140 valence electrons. The molecule has 7 heteroatoms. The van der Waals surface area contributed by atoms with Crippen molar-refractivity contribution in [2.24, 2.45) is 0 Å². The van der Waals surface area contributed by atoms with Crippen molar-refractivity contribution in [3.63, 3.8) is 0 Å². The number of ether oxygens (including phenoxy) is 2. The van der Waals surface area contributed by atoms with Gasteiger partial charge in [0.2, 0.25) is 5.89 Å². The summed E-state index contributed by atoms with van der Waals surface area (Å²) in [5.74, 6) is 0.961. The Morgan fingerprint density at radius 2 is 1.85 bits per heavy atom. The smallest absolute Gasteiger partial charge is 0.322 e. The molecule has 1 amide bonds. The van der Waals surface area contributed by atoms with Gasteiger partial charge in [-0.15, -0.1) is 5.10 Å². The molecular weight excluding hydrogens is 346 g/mol. The van der Waals surface area contributed by atoms with Gasteiger partial charge in [0.15, 0.2) is 0 Å². The van der Waals surface area contributed by atoms with Crippen LogP contribution in [0.1, 0.15) is 32.9 Å². The normalized spacial score (nSPS) is 10.5. The molecule has 3 rings (SSSR count). The van der Waals surface area contributed by atoms with Crippen LogP contribution in [0.15, 0.2) is 40.8 Å². The standard InChI is InChI=1S/C20H21N3O4/c1-12-5-6-14(9-13(12)2)10-18-22-23-20(27-18)21-19(24)16-11-15(25-3)7-8-17(16)26-4/h5-9,11H,10H2,1-4H3,(H,21,23,24). The average Bonchev–Trinajstić information content (AvgIpc) is 3.10. The van der Waals surface area contributed by atoms with Gasteiger partial charge in [0.1, 0.15) is 11.5 Å². The van der Waals surface area contributed by atoms with Gasteiger partial charge in [-0.1, -0.05) is 23.3 Å². The molecule has 0 atom stereocenters. The fourth-order valence-corrected chi connectivity index (χ4v) is 2.62. The number of carbonyl (C=O) groups excluding carboxylic acids is 1. The zero-order chi connectivity index (χ0) is 19.4. The van der Waals surface area contributed by atoms with Crippen molar-refractivity contribution in [1.29, 1.82) is 0 Å². The van der Waals surface area contributed by atoms with Crippen molar-refractivity contribution in [3.05, 3.63) is 64.5 Å². The number of hydrogen-bond donors (Lipinski definition) is 1. The number of carbonyl (C=O) groups is 1. The van der Waals surface area contributed by atoms with Gasteiger partial charge in [-0.3, -0.25) is 10.1 Å². The first kappa shape index (κ1) is 18.4. The third kappa shape index (κ3) is 4.25. The summed E-state index contributed by atoms with van der Waals surface area (Å²) in [5.41, 5.74) is 3.80. The number of hydrogen-bond acceptors (Lipinski definition) is 6. The molecule has 27 heavy (non-hydrogen) atoms. The summed E-state index contributed by atoms with van der Waals surface area (Å²) in [4.78, 5) is 12.5. The number of aryl methyl sites for hydroxylation is 2. The van der Waals surface area contributed by atoms with Crippen molar-refractivity contribution >= 4 is 11.9 Å². The quantitative estimate of drug-likeness (QED) is 0.717. The Morgan fingerprint density at radius 1 is 1.04 bits per heavy atom. The second-order valence-corrected chi connectivity index (χ2v) is 6.12. The molecule has 0 aliphatic carbocycles. The fourth-order valence-electron chi connectivity index (χ4n) is 2.62. The molecule has 0 radical (unpaired) electrons. The maximum atomic E-state index is 12.5. The molecule has 0 unspecified atom stereocenters. The van der Waals surface area contributed by atoms with E-state index in [0.29, 0.717) is 29.4 Å². The first-order valence-corrected chi connectivity index (χ1v) is 8.42. The van der Waals surface area contributed by atoms with Crippen LogP contribution in [0, 0.1) is 13.8 Å². The van der Waals surface area contributed by atoms with Crippen LogP contribution in [0.2, 0.25) is 0 Å². The van der Waals surface area contributed by atoms with Crippen LogP contribution in [0.3, 0.4) is 0 Å². The van der Waals surface area contributed by atoms with E-state index in [2.05, 4.69) is 41.5 Å². The largest absolute Gasteiger partial charge is 0.497 e. The summed E-state index contributed by atoms with van der Waals surface area (Å²) >= 11 is 0. The molecule has 2 aromatic carbocycles. The lowest BCUT2D eigenvalue weighted by Crippen LogP contribution is -2.13. The van der Waals surface area contributed by atoms with Gasteiger partial charge in [0.25, 0.3) is 5.91 Å². The molecule has 0 aliphatic rings. The summed E-state index contributed by atoms with van der Waals surface area (Å²) in [6, 6.07) is 11.1. The molecule has 7 nitrogen and oxygen atoms in total. The van der Waals surface area contributed by atoms with Crippen molar-refractivity contribution in [3.8, 4) is 11.5 Å². The third-order valence-electron chi connectivity index (χ3n) is 4.27. The zero-order valence-corrected chi connectivity index (χ0v) is 15.7. The van der Waals surface area contributed by atoms with E-state index in [4.69, 9.17) is 13.9 Å². The minimum absolute atomic E-state index is 0.0312. The van der Waals surface area contributed by atoms with Crippen molar-refractivity contribution < 1.29 is 18.7 Å². The van der Waals surface area contributed by atoms with Crippen LogP contribution in [0.5, 0.6) is 11.5 Å². The molecule has 0 bridgehead atoms. The van der Waals surface area contributed by atoms with Crippen molar-refractivity contribution in [2.45, 2.75) is 20.3 Å². The third-order valence-corrected chi connectivity index (χ3v) is 4.27. The summed E-state index contributed by atoms with van der Waals surface area (Å²) < 4.78 is 15.9. The van der Waals surface area contributed by atoms with E-state index in [0.717, 1.165) is 5.56 Å². The zero-order valence-electron chi connectivity index (χ0n) is 15.7. The minimum atomic E-state index is -0.424. The molecule has 0 saturated heterocycles. The Morgan fingerprint density at radius 3 is 2.56 bits per heavy atom. The highest BCUT2D eigenvalue weighted by Gasteiger charge is 2.17. The SMILES string of the molecule is COc1ccc(OC)c(C(=O)Nc2nnc(Cc3ccc(C)c(C)c3)o2)c1. The first-order valence-electron chi connectivity index (χ1n) is 8.42. The van der Waals surface area contributed by atoms with E-state index in [1.807, 2.05) is 6.07 Å². The van der Waals surface area contributed by atoms with Gasteiger partial charge in [0.05, 0.1) is 26.2 Å². The van der Waals surface area contributed by atoms with E-state index in [9.17, 15) is 4.79 Å². The molecular formula is C20H21N3O4. The summed E-state index contributed by atoms with van der Waals surface area (Å²) in [7, 11) is 3.02. The summed E-state index contributed by atoms with van der Waals surface area (Å²) in [5, 5.41) is 10.5. The van der Waals surface area contributed by atoms with Gasteiger partial charge in [-0.05, 0) is 48.7 Å². The van der Waals surface area contributed by atoms with Gasteiger partial charge in [-0.2, -0.15) is 0 Å². The Bertz CT molecular complexity index is 966. The predicted octanol–water partition coefficient (Wildman–Crippen LogP) is 3.55. The van der Waals surface area contributed by atoms with Crippen LogP contribution >= 0.6 is 0 Å². The fraction of sp³-hybridized carbons (Fsp3) is 0.250. The lowest BCUT2D eigenvalue weighted by molar-refractivity contribution is 0.102. The van der Waals surface area contributed by atoms with Gasteiger partial charge in [0, 0.05) is 0 Å². The van der Waals surface area contributed by atoms with E-state index >= 15 is 0 Å². The molecule has 0 aliphatic heterocycles. The minimum Gasteiger partial charge on any atom is -0.497 e. The number of nitrogens with one attached hydrogen (secondary N) is 1. The summed E-state index contributed by atoms with van der Waals surface area (Å²) in [6.45, 7) is 4.12. The molecule has 0 fully saturated rings. The Kier molecular flexibility index (Phi) is 5.40. The lowest BCUT2D eigenvalue weighted by atomic mass is 10.0. The number of aromatic nitrogens is 2. The highest BCUT2D eigenvalue weighted by molar-refractivity contribution is 6.05. The molecule has 1 aromatic heterocycles. The van der Waals surface area contributed by atoms with E-state index in [-0.39, 0.29) is 6.01 Å². The monoisotopic (exact) mass is 367 g/mol. The summed E-state index contributed by atoms with van der Waals surface area (Å²) in [6.07, 6.45) is 0.493. The average molecular weight is 367 g/mol. The van der Waals surface area contributed by atoms with E-state index in [1.165, 1.54) is 25.3 Å². The second-order valence-electron chi connectivity index (χ2n) is 6.12. The molecule has 1 N–H and O–H groups in total. The number of amides is 1. The van der Waals surface area contributed by atoms with Crippen LogP contribution in [0.25, 0.3) is 0 Å². The Balaban J connectivity index is 1.73. The van der Waals surface area contributed by atoms with Crippen LogP contribution in [-0.4, -0.2) is 30.3 Å². The number of methoxy groups -OCH3 is 2. The van der Waals surface area contributed by atoms with Crippen LogP contribution < -0.4 is 14.8 Å². The molecule has 1 heterocycles.